The van der Waals surface area contributed by atoms with E-state index in [1.165, 1.54) is 12.1 Å². The van der Waals surface area contributed by atoms with Crippen LogP contribution in [0.1, 0.15) is 18.9 Å². The largest absolute Gasteiger partial charge is 0.490 e. The smallest absolute Gasteiger partial charge is 0.161 e. The molecule has 0 atom stereocenters. The zero-order valence-corrected chi connectivity index (χ0v) is 11.4. The number of rotatable bonds is 6. The van der Waals surface area contributed by atoms with Gasteiger partial charge in [-0.1, -0.05) is 25.1 Å². The Morgan fingerprint density at radius 2 is 1.75 bits per heavy atom. The van der Waals surface area contributed by atoms with Crippen molar-refractivity contribution in [2.75, 3.05) is 12.3 Å². The first-order valence-corrected chi connectivity index (χ1v) is 6.59. The molecule has 0 unspecified atom stereocenters. The van der Waals surface area contributed by atoms with E-state index in [-0.39, 0.29) is 12.3 Å². The van der Waals surface area contributed by atoms with E-state index in [2.05, 4.69) is 0 Å². The average Bonchev–Trinajstić information content (AvgIpc) is 2.47. The molecule has 2 aromatic carbocycles. The van der Waals surface area contributed by atoms with Crippen molar-refractivity contribution in [2.24, 2.45) is 0 Å². The molecular weight excluding hydrogens is 257 g/mol. The van der Waals surface area contributed by atoms with Gasteiger partial charge < -0.3 is 15.2 Å². The van der Waals surface area contributed by atoms with Crippen LogP contribution in [-0.2, 0) is 6.61 Å². The summed E-state index contributed by atoms with van der Waals surface area (Å²) in [5.41, 5.74) is 6.30. The predicted octanol–water partition coefficient (Wildman–Crippen LogP) is 3.78. The lowest BCUT2D eigenvalue weighted by molar-refractivity contribution is 0.261. The van der Waals surface area contributed by atoms with Gasteiger partial charge in [0.2, 0.25) is 0 Å². The van der Waals surface area contributed by atoms with Crippen molar-refractivity contribution >= 4 is 5.69 Å². The van der Waals surface area contributed by atoms with Gasteiger partial charge in [0, 0.05) is 0 Å². The third-order valence-corrected chi connectivity index (χ3v) is 2.77. The highest BCUT2D eigenvalue weighted by molar-refractivity contribution is 5.42. The summed E-state index contributed by atoms with van der Waals surface area (Å²) in [5.74, 6) is 0.921. The second-order valence-corrected chi connectivity index (χ2v) is 4.44. The van der Waals surface area contributed by atoms with Crippen LogP contribution in [0.25, 0.3) is 0 Å². The van der Waals surface area contributed by atoms with Crippen LogP contribution in [0, 0.1) is 5.82 Å². The fraction of sp³-hybridized carbons (Fsp3) is 0.250. The summed E-state index contributed by atoms with van der Waals surface area (Å²) in [6, 6.07) is 12.1. The van der Waals surface area contributed by atoms with Gasteiger partial charge in [-0.15, -0.1) is 0 Å². The minimum absolute atomic E-state index is 0.139. The highest BCUT2D eigenvalue weighted by Crippen LogP contribution is 2.27. The number of hydrogen-bond acceptors (Lipinski definition) is 3. The van der Waals surface area contributed by atoms with E-state index in [1.807, 2.05) is 31.2 Å². The molecule has 3 nitrogen and oxygen atoms in total. The molecule has 4 heteroatoms. The zero-order chi connectivity index (χ0) is 14.4. The fourth-order valence-electron chi connectivity index (χ4n) is 1.72. The second-order valence-electron chi connectivity index (χ2n) is 4.44. The van der Waals surface area contributed by atoms with Crippen LogP contribution in [0.2, 0.25) is 0 Å². The Morgan fingerprint density at radius 1 is 1.05 bits per heavy atom. The van der Waals surface area contributed by atoms with Gasteiger partial charge in [0.25, 0.3) is 0 Å². The van der Waals surface area contributed by atoms with E-state index in [4.69, 9.17) is 15.2 Å². The number of hydrogen-bond donors (Lipinski definition) is 1. The molecule has 0 aliphatic heterocycles. The summed E-state index contributed by atoms with van der Waals surface area (Å²) in [7, 11) is 0. The van der Waals surface area contributed by atoms with Crippen LogP contribution >= 0.6 is 0 Å². The number of benzene rings is 2. The monoisotopic (exact) mass is 275 g/mol. The molecule has 0 radical (unpaired) electrons. The van der Waals surface area contributed by atoms with Crippen molar-refractivity contribution in [1.82, 2.24) is 0 Å². The highest BCUT2D eigenvalue weighted by atomic mass is 19.1. The molecule has 0 fully saturated rings. The Balaban J connectivity index is 2.04. The molecule has 2 rings (SSSR count). The molecule has 2 N–H and O–H groups in total. The van der Waals surface area contributed by atoms with Crippen molar-refractivity contribution in [3.8, 4) is 11.5 Å². The maximum Gasteiger partial charge on any atom is 0.161 e. The summed E-state index contributed by atoms with van der Waals surface area (Å²) >= 11 is 0. The van der Waals surface area contributed by atoms with Crippen LogP contribution in [0.4, 0.5) is 10.1 Å². The second kappa shape index (κ2) is 6.80. The third-order valence-electron chi connectivity index (χ3n) is 2.77. The molecular formula is C16H18FNO2. The molecule has 0 aliphatic carbocycles. The number of para-hydroxylation sites is 2. The van der Waals surface area contributed by atoms with Crippen molar-refractivity contribution in [1.29, 1.82) is 0 Å². The maximum atomic E-state index is 13.3. The van der Waals surface area contributed by atoms with Crippen LogP contribution in [0.3, 0.4) is 0 Å². The predicted molar refractivity (Wildman–Crippen MR) is 77.4 cm³/mol. The molecule has 20 heavy (non-hydrogen) atoms. The number of anilines is 1. The fourth-order valence-corrected chi connectivity index (χ4v) is 1.72. The minimum atomic E-state index is -0.429. The van der Waals surface area contributed by atoms with Gasteiger partial charge in [-0.25, -0.2) is 4.39 Å². The Morgan fingerprint density at radius 3 is 2.40 bits per heavy atom. The van der Waals surface area contributed by atoms with Gasteiger partial charge in [-0.3, -0.25) is 0 Å². The summed E-state index contributed by atoms with van der Waals surface area (Å²) in [4.78, 5) is 0. The molecule has 0 heterocycles. The molecule has 0 aromatic heterocycles. The summed E-state index contributed by atoms with van der Waals surface area (Å²) < 4.78 is 24.6. The topological polar surface area (TPSA) is 44.5 Å². The molecule has 2 aromatic rings. The number of ether oxygens (including phenoxy) is 2. The standard InChI is InChI=1S/C16H18FNO2/c1-2-9-19-15-5-3-4-6-16(15)20-11-12-7-8-14(18)13(17)10-12/h3-8,10H,2,9,11,18H2,1H3. The van der Waals surface area contributed by atoms with Gasteiger partial charge in [-0.2, -0.15) is 0 Å². The number of nitrogen functional groups attached to an aromatic ring is 1. The van der Waals surface area contributed by atoms with Crippen molar-refractivity contribution in [2.45, 2.75) is 20.0 Å². The van der Waals surface area contributed by atoms with E-state index in [9.17, 15) is 4.39 Å². The number of halogens is 1. The first-order chi connectivity index (χ1) is 9.70. The molecule has 0 saturated carbocycles. The SMILES string of the molecule is CCCOc1ccccc1OCc1ccc(N)c(F)c1. The first-order valence-electron chi connectivity index (χ1n) is 6.59. The van der Waals surface area contributed by atoms with Gasteiger partial charge >= 0.3 is 0 Å². The quantitative estimate of drug-likeness (QED) is 0.816. The highest BCUT2D eigenvalue weighted by Gasteiger charge is 2.05. The van der Waals surface area contributed by atoms with Crippen molar-refractivity contribution < 1.29 is 13.9 Å². The minimum Gasteiger partial charge on any atom is -0.490 e. The lowest BCUT2D eigenvalue weighted by atomic mass is 10.2. The summed E-state index contributed by atoms with van der Waals surface area (Å²) in [5, 5.41) is 0. The molecule has 0 aliphatic rings. The van der Waals surface area contributed by atoms with Gasteiger partial charge in [0.1, 0.15) is 12.4 Å². The van der Waals surface area contributed by atoms with E-state index in [0.717, 1.165) is 12.0 Å². The molecule has 0 spiro atoms. The van der Waals surface area contributed by atoms with Crippen LogP contribution in [-0.4, -0.2) is 6.61 Å². The summed E-state index contributed by atoms with van der Waals surface area (Å²) in [6.07, 6.45) is 0.928. The molecule has 0 amide bonds. The lowest BCUT2D eigenvalue weighted by Gasteiger charge is -2.12. The van der Waals surface area contributed by atoms with Gasteiger partial charge in [0.05, 0.1) is 12.3 Å². The first kappa shape index (κ1) is 14.2. The Labute approximate surface area is 118 Å². The normalized spacial score (nSPS) is 10.3. The number of nitrogens with two attached hydrogens (primary N) is 1. The van der Waals surface area contributed by atoms with Gasteiger partial charge in [-0.05, 0) is 36.2 Å². The lowest BCUT2D eigenvalue weighted by Crippen LogP contribution is -2.01. The van der Waals surface area contributed by atoms with Crippen molar-refractivity contribution in [3.05, 3.63) is 53.8 Å². The van der Waals surface area contributed by atoms with E-state index >= 15 is 0 Å². The maximum absolute atomic E-state index is 13.3. The van der Waals surface area contributed by atoms with Crippen molar-refractivity contribution in [3.63, 3.8) is 0 Å². The van der Waals surface area contributed by atoms with E-state index < -0.39 is 5.82 Å². The average molecular weight is 275 g/mol. The zero-order valence-electron chi connectivity index (χ0n) is 11.4. The van der Waals surface area contributed by atoms with E-state index in [0.29, 0.717) is 18.1 Å². The van der Waals surface area contributed by atoms with Gasteiger partial charge in [0.15, 0.2) is 11.5 Å². The third kappa shape index (κ3) is 3.63. The Hall–Kier alpha value is -2.23. The Bertz CT molecular complexity index is 572. The van der Waals surface area contributed by atoms with Crippen LogP contribution < -0.4 is 15.2 Å². The molecule has 106 valence electrons. The molecule has 0 bridgehead atoms. The van der Waals surface area contributed by atoms with Crippen LogP contribution in [0.5, 0.6) is 11.5 Å². The Kier molecular flexibility index (Phi) is 4.82. The van der Waals surface area contributed by atoms with E-state index in [1.54, 1.807) is 6.07 Å². The molecule has 0 saturated heterocycles. The van der Waals surface area contributed by atoms with Crippen LogP contribution in [0.15, 0.2) is 42.5 Å². The summed E-state index contributed by atoms with van der Waals surface area (Å²) in [6.45, 7) is 2.95.